The molecule has 3 aromatic carbocycles. The van der Waals surface area contributed by atoms with E-state index in [0.29, 0.717) is 40.0 Å². The number of fused-ring (bicyclic) bond motifs is 1. The molecule has 0 radical (unpaired) electrons. The molecule has 5 rings (SSSR count). The molecule has 1 saturated heterocycles. The SMILES string of the molecule is COc1cc(C)c(/C(O)=C2\C(=O)C(=O)N(c3ccc4c(c3)OCO4)C2c2ccc(C(C)C)cc2)cc1C(C)C. The highest BCUT2D eigenvalue weighted by Crippen LogP contribution is 2.46. The summed E-state index contributed by atoms with van der Waals surface area (Å²) in [4.78, 5) is 28.7. The lowest BCUT2D eigenvalue weighted by molar-refractivity contribution is -0.132. The number of nitrogens with zero attached hydrogens (tertiary/aromatic N) is 1. The van der Waals surface area contributed by atoms with E-state index in [1.165, 1.54) is 4.90 Å². The fraction of sp³-hybridized carbons (Fsp3) is 0.312. The number of carbonyl (C=O) groups is 2. The van der Waals surface area contributed by atoms with Crippen LogP contribution in [0.5, 0.6) is 17.2 Å². The monoisotopic (exact) mass is 527 g/mol. The molecule has 0 bridgehead atoms. The number of Topliss-reactive ketones (excluding diaryl/α,β-unsaturated/α-hetero) is 1. The van der Waals surface area contributed by atoms with Crippen LogP contribution in [0, 0.1) is 6.92 Å². The summed E-state index contributed by atoms with van der Waals surface area (Å²) >= 11 is 0. The molecule has 1 fully saturated rings. The second-order valence-electron chi connectivity index (χ2n) is 10.6. The van der Waals surface area contributed by atoms with E-state index in [-0.39, 0.29) is 24.0 Å². The Hall–Kier alpha value is -4.26. The number of methoxy groups -OCH3 is 1. The van der Waals surface area contributed by atoms with Crippen LogP contribution in [0.15, 0.2) is 60.2 Å². The lowest BCUT2D eigenvalue weighted by Gasteiger charge is -2.26. The number of hydrogen-bond donors (Lipinski definition) is 1. The third kappa shape index (κ3) is 4.52. The maximum absolute atomic E-state index is 13.7. The highest BCUT2D eigenvalue weighted by molar-refractivity contribution is 6.51. The molecule has 1 amide bonds. The van der Waals surface area contributed by atoms with Gasteiger partial charge in [-0.05, 0) is 65.3 Å². The number of aliphatic hydroxyl groups excluding tert-OH is 1. The van der Waals surface area contributed by atoms with E-state index < -0.39 is 17.7 Å². The summed E-state index contributed by atoms with van der Waals surface area (Å²) in [6.07, 6.45) is 0. The van der Waals surface area contributed by atoms with Crippen LogP contribution in [0.3, 0.4) is 0 Å². The predicted molar refractivity (Wildman–Crippen MR) is 150 cm³/mol. The van der Waals surface area contributed by atoms with E-state index in [1.807, 2.05) is 57.2 Å². The Balaban J connectivity index is 1.73. The van der Waals surface area contributed by atoms with Crippen LogP contribution in [0.1, 0.15) is 73.4 Å². The first kappa shape index (κ1) is 26.4. The summed E-state index contributed by atoms with van der Waals surface area (Å²) in [7, 11) is 1.61. The average Bonchev–Trinajstić information content (AvgIpc) is 3.49. The first-order chi connectivity index (χ1) is 18.6. The number of aryl methyl sites for hydroxylation is 1. The van der Waals surface area contributed by atoms with Crippen LogP contribution >= 0.6 is 0 Å². The summed E-state index contributed by atoms with van der Waals surface area (Å²) in [5, 5.41) is 11.7. The van der Waals surface area contributed by atoms with Gasteiger partial charge in [-0.25, -0.2) is 0 Å². The maximum atomic E-state index is 13.7. The molecule has 7 heteroatoms. The van der Waals surface area contributed by atoms with Crippen molar-refractivity contribution >= 4 is 23.1 Å². The van der Waals surface area contributed by atoms with Crippen LogP contribution in [0.25, 0.3) is 5.76 Å². The molecular formula is C32H33NO6. The summed E-state index contributed by atoms with van der Waals surface area (Å²) in [6.45, 7) is 10.2. The number of aliphatic hydroxyl groups is 1. The molecule has 202 valence electrons. The van der Waals surface area contributed by atoms with E-state index in [2.05, 4.69) is 13.8 Å². The molecule has 2 aliphatic rings. The molecule has 39 heavy (non-hydrogen) atoms. The van der Waals surface area contributed by atoms with Gasteiger partial charge < -0.3 is 19.3 Å². The number of ketones is 1. The summed E-state index contributed by atoms with van der Waals surface area (Å²) in [5.41, 5.74) is 4.49. The van der Waals surface area contributed by atoms with Crippen molar-refractivity contribution < 1.29 is 28.9 Å². The Morgan fingerprint density at radius 1 is 0.949 bits per heavy atom. The van der Waals surface area contributed by atoms with Gasteiger partial charge >= 0.3 is 0 Å². The Bertz CT molecular complexity index is 1490. The lowest BCUT2D eigenvalue weighted by Crippen LogP contribution is -2.29. The van der Waals surface area contributed by atoms with Crippen molar-refractivity contribution in [3.63, 3.8) is 0 Å². The van der Waals surface area contributed by atoms with Gasteiger partial charge in [0.2, 0.25) is 6.79 Å². The molecule has 0 aliphatic carbocycles. The zero-order chi connectivity index (χ0) is 28.0. The number of hydrogen-bond acceptors (Lipinski definition) is 6. The molecular weight excluding hydrogens is 494 g/mol. The molecule has 0 saturated carbocycles. The van der Waals surface area contributed by atoms with Gasteiger partial charge in [-0.2, -0.15) is 0 Å². The van der Waals surface area contributed by atoms with Gasteiger partial charge in [0.05, 0.1) is 18.7 Å². The Labute approximate surface area is 228 Å². The average molecular weight is 528 g/mol. The summed E-state index contributed by atoms with van der Waals surface area (Å²) in [5.74, 6) is 0.530. The zero-order valence-electron chi connectivity index (χ0n) is 23.1. The van der Waals surface area contributed by atoms with Crippen LogP contribution in [-0.4, -0.2) is 30.7 Å². The Kier molecular flexibility index (Phi) is 6.85. The Morgan fingerprint density at radius 3 is 2.28 bits per heavy atom. The minimum Gasteiger partial charge on any atom is -0.507 e. The van der Waals surface area contributed by atoms with Crippen LogP contribution in [-0.2, 0) is 9.59 Å². The van der Waals surface area contributed by atoms with Gasteiger partial charge in [0.15, 0.2) is 11.5 Å². The minimum atomic E-state index is -0.837. The van der Waals surface area contributed by atoms with Gasteiger partial charge in [0, 0.05) is 17.3 Å². The van der Waals surface area contributed by atoms with Crippen LogP contribution in [0.2, 0.25) is 0 Å². The van der Waals surface area contributed by atoms with Gasteiger partial charge in [-0.15, -0.1) is 0 Å². The zero-order valence-corrected chi connectivity index (χ0v) is 23.1. The minimum absolute atomic E-state index is 0.0398. The highest BCUT2D eigenvalue weighted by Gasteiger charge is 2.47. The van der Waals surface area contributed by atoms with Gasteiger partial charge in [0.1, 0.15) is 11.5 Å². The number of benzene rings is 3. The molecule has 1 N–H and O–H groups in total. The standard InChI is InChI=1S/C32H33NO6/c1-17(2)20-7-9-21(10-8-20)29-28(30(34)24-15-23(18(3)4)26(37-6)13-19(24)5)31(35)32(36)33(29)22-11-12-25-27(14-22)39-16-38-25/h7-15,17-18,29,34H,16H2,1-6H3/b30-28+. The normalized spacial score (nSPS) is 17.9. The van der Waals surface area contributed by atoms with Crippen molar-refractivity contribution in [3.8, 4) is 17.2 Å². The van der Waals surface area contributed by atoms with Crippen molar-refractivity contribution in [1.29, 1.82) is 0 Å². The third-order valence-corrected chi connectivity index (χ3v) is 7.45. The number of rotatable bonds is 6. The topological polar surface area (TPSA) is 85.3 Å². The van der Waals surface area contributed by atoms with Crippen molar-refractivity contribution in [3.05, 3.63) is 88.0 Å². The molecule has 0 aromatic heterocycles. The molecule has 7 nitrogen and oxygen atoms in total. The number of anilines is 1. The molecule has 3 aromatic rings. The summed E-state index contributed by atoms with van der Waals surface area (Å²) in [6, 6.07) is 15.8. The summed E-state index contributed by atoms with van der Waals surface area (Å²) < 4.78 is 16.5. The van der Waals surface area contributed by atoms with Gasteiger partial charge in [0.25, 0.3) is 11.7 Å². The third-order valence-electron chi connectivity index (χ3n) is 7.45. The van der Waals surface area contributed by atoms with Crippen LogP contribution in [0.4, 0.5) is 5.69 Å². The van der Waals surface area contributed by atoms with Crippen molar-refractivity contribution in [1.82, 2.24) is 0 Å². The van der Waals surface area contributed by atoms with E-state index in [9.17, 15) is 14.7 Å². The van der Waals surface area contributed by atoms with Crippen LogP contribution < -0.4 is 19.1 Å². The fourth-order valence-electron chi connectivity index (χ4n) is 5.24. The van der Waals surface area contributed by atoms with E-state index >= 15 is 0 Å². The lowest BCUT2D eigenvalue weighted by atomic mass is 9.90. The predicted octanol–water partition coefficient (Wildman–Crippen LogP) is 6.61. The second-order valence-corrected chi connectivity index (χ2v) is 10.6. The molecule has 1 atom stereocenters. The molecule has 2 heterocycles. The largest absolute Gasteiger partial charge is 0.507 e. The van der Waals surface area contributed by atoms with E-state index in [4.69, 9.17) is 14.2 Å². The maximum Gasteiger partial charge on any atom is 0.300 e. The quantitative estimate of drug-likeness (QED) is 0.221. The number of carbonyl (C=O) groups excluding carboxylic acids is 2. The van der Waals surface area contributed by atoms with Crippen molar-refractivity contribution in [2.45, 2.75) is 52.5 Å². The van der Waals surface area contributed by atoms with E-state index in [0.717, 1.165) is 16.7 Å². The van der Waals surface area contributed by atoms with Gasteiger partial charge in [-0.1, -0.05) is 52.0 Å². The highest BCUT2D eigenvalue weighted by atomic mass is 16.7. The smallest absolute Gasteiger partial charge is 0.300 e. The molecule has 0 spiro atoms. The van der Waals surface area contributed by atoms with Gasteiger partial charge in [-0.3, -0.25) is 14.5 Å². The second kappa shape index (κ2) is 10.1. The first-order valence-corrected chi connectivity index (χ1v) is 13.1. The number of amides is 1. The van der Waals surface area contributed by atoms with E-state index in [1.54, 1.807) is 25.3 Å². The molecule has 2 aliphatic heterocycles. The molecule has 1 unspecified atom stereocenters. The number of ether oxygens (including phenoxy) is 3. The van der Waals surface area contributed by atoms with Crippen molar-refractivity contribution in [2.24, 2.45) is 0 Å². The van der Waals surface area contributed by atoms with Crippen molar-refractivity contribution in [2.75, 3.05) is 18.8 Å². The first-order valence-electron chi connectivity index (χ1n) is 13.1. The fourth-order valence-corrected chi connectivity index (χ4v) is 5.24. The Morgan fingerprint density at radius 2 is 1.64 bits per heavy atom.